The van der Waals surface area contributed by atoms with Crippen molar-refractivity contribution in [3.05, 3.63) is 23.3 Å². The fourth-order valence-electron chi connectivity index (χ4n) is 1.76. The standard InChI is InChI=1S/C12H16BNO2/c1-8-4-10-11(16-7-15-10)5-9(8)6-12(2,13)14-3/h4-5,14H,6-7H2,1-3H3. The molecule has 0 aliphatic carbocycles. The van der Waals surface area contributed by atoms with E-state index >= 15 is 0 Å². The molecule has 0 spiro atoms. The van der Waals surface area contributed by atoms with Gasteiger partial charge < -0.3 is 14.8 Å². The molecule has 1 aromatic carbocycles. The van der Waals surface area contributed by atoms with Crippen LogP contribution in [0.25, 0.3) is 0 Å². The summed E-state index contributed by atoms with van der Waals surface area (Å²) in [5.41, 5.74) is 1.96. The highest BCUT2D eigenvalue weighted by Gasteiger charge is 2.20. The largest absolute Gasteiger partial charge is 0.454 e. The lowest BCUT2D eigenvalue weighted by Crippen LogP contribution is -2.42. The molecule has 16 heavy (non-hydrogen) atoms. The van der Waals surface area contributed by atoms with Crippen molar-refractivity contribution in [1.82, 2.24) is 5.32 Å². The minimum Gasteiger partial charge on any atom is -0.454 e. The first-order chi connectivity index (χ1) is 7.52. The number of fused-ring (bicyclic) bond motifs is 1. The highest BCUT2D eigenvalue weighted by atomic mass is 16.7. The molecule has 1 heterocycles. The van der Waals surface area contributed by atoms with Gasteiger partial charge in [0.2, 0.25) is 6.79 Å². The van der Waals surface area contributed by atoms with Crippen molar-refractivity contribution in [2.75, 3.05) is 13.8 Å². The Morgan fingerprint density at radius 3 is 2.62 bits per heavy atom. The smallest absolute Gasteiger partial charge is 0.231 e. The average Bonchev–Trinajstić information content (AvgIpc) is 2.65. The molecule has 1 aromatic rings. The van der Waals surface area contributed by atoms with Crippen molar-refractivity contribution in [3.8, 4) is 11.5 Å². The van der Waals surface area contributed by atoms with Crippen LogP contribution in [0.15, 0.2) is 12.1 Å². The molecule has 2 rings (SSSR count). The third-order valence-electron chi connectivity index (χ3n) is 2.96. The summed E-state index contributed by atoms with van der Waals surface area (Å²) in [4.78, 5) is 0. The van der Waals surface area contributed by atoms with Gasteiger partial charge in [-0.25, -0.2) is 0 Å². The molecule has 1 aliphatic heterocycles. The average molecular weight is 217 g/mol. The maximum atomic E-state index is 6.08. The molecule has 0 saturated carbocycles. The molecule has 0 fully saturated rings. The molecule has 0 aromatic heterocycles. The van der Waals surface area contributed by atoms with E-state index in [1.807, 2.05) is 26.1 Å². The van der Waals surface area contributed by atoms with E-state index in [0.717, 1.165) is 17.9 Å². The first-order valence-corrected chi connectivity index (χ1v) is 5.39. The predicted molar refractivity (Wildman–Crippen MR) is 64.2 cm³/mol. The minimum atomic E-state index is -0.404. The predicted octanol–water partition coefficient (Wildman–Crippen LogP) is 1.37. The quantitative estimate of drug-likeness (QED) is 0.775. The van der Waals surface area contributed by atoms with Crippen LogP contribution >= 0.6 is 0 Å². The number of nitrogens with one attached hydrogen (secondary N) is 1. The van der Waals surface area contributed by atoms with Gasteiger partial charge in [-0.3, -0.25) is 0 Å². The first kappa shape index (κ1) is 11.3. The van der Waals surface area contributed by atoms with Crippen LogP contribution in [0.3, 0.4) is 0 Å². The van der Waals surface area contributed by atoms with E-state index in [-0.39, 0.29) is 0 Å². The van der Waals surface area contributed by atoms with E-state index < -0.39 is 5.44 Å². The van der Waals surface area contributed by atoms with Gasteiger partial charge in [0.05, 0.1) is 7.85 Å². The second-order valence-electron chi connectivity index (χ2n) is 4.48. The third-order valence-corrected chi connectivity index (χ3v) is 2.96. The Labute approximate surface area is 97.5 Å². The van der Waals surface area contributed by atoms with Crippen molar-refractivity contribution < 1.29 is 9.47 Å². The number of hydrogen-bond acceptors (Lipinski definition) is 3. The topological polar surface area (TPSA) is 30.5 Å². The van der Waals surface area contributed by atoms with Crippen LogP contribution in [0, 0.1) is 6.92 Å². The van der Waals surface area contributed by atoms with Gasteiger partial charge >= 0.3 is 0 Å². The van der Waals surface area contributed by atoms with E-state index in [2.05, 4.69) is 12.2 Å². The highest BCUT2D eigenvalue weighted by molar-refractivity contribution is 6.15. The van der Waals surface area contributed by atoms with E-state index in [0.29, 0.717) is 6.79 Å². The van der Waals surface area contributed by atoms with Crippen LogP contribution in [0.1, 0.15) is 18.1 Å². The molecular weight excluding hydrogens is 201 g/mol. The second-order valence-corrected chi connectivity index (χ2v) is 4.48. The van der Waals surface area contributed by atoms with Gasteiger partial charge in [-0.1, -0.05) is 6.92 Å². The Bertz CT molecular complexity index is 404. The van der Waals surface area contributed by atoms with Crippen LogP contribution in [0.2, 0.25) is 0 Å². The maximum Gasteiger partial charge on any atom is 0.231 e. The summed E-state index contributed by atoms with van der Waals surface area (Å²) in [6, 6.07) is 4.02. The molecule has 0 amide bonds. The summed E-state index contributed by atoms with van der Waals surface area (Å²) in [5, 5.41) is 3.09. The highest BCUT2D eigenvalue weighted by Crippen LogP contribution is 2.35. The number of aryl methyl sites for hydroxylation is 1. The molecule has 2 radical (unpaired) electrons. The molecule has 4 heteroatoms. The molecule has 1 N–H and O–H groups in total. The second kappa shape index (κ2) is 4.02. The van der Waals surface area contributed by atoms with E-state index in [1.165, 1.54) is 11.1 Å². The number of rotatable bonds is 3. The fraction of sp³-hybridized carbons (Fsp3) is 0.500. The zero-order valence-corrected chi connectivity index (χ0v) is 9.96. The van der Waals surface area contributed by atoms with Gasteiger partial charge in [-0.05, 0) is 49.1 Å². The van der Waals surface area contributed by atoms with Crippen molar-refractivity contribution in [2.24, 2.45) is 0 Å². The Balaban J connectivity index is 2.28. The molecule has 84 valence electrons. The number of hydrogen-bond donors (Lipinski definition) is 1. The number of benzene rings is 1. The number of ether oxygens (including phenoxy) is 2. The summed E-state index contributed by atoms with van der Waals surface area (Å²) < 4.78 is 10.7. The Morgan fingerprint density at radius 1 is 1.38 bits per heavy atom. The van der Waals surface area contributed by atoms with Crippen LogP contribution in [0.5, 0.6) is 11.5 Å². The van der Waals surface area contributed by atoms with Crippen molar-refractivity contribution in [1.29, 1.82) is 0 Å². The molecule has 1 aliphatic rings. The summed E-state index contributed by atoms with van der Waals surface area (Å²) in [6.07, 6.45) is 0.756. The molecule has 1 atom stereocenters. The third kappa shape index (κ3) is 2.17. The van der Waals surface area contributed by atoms with Crippen LogP contribution in [-0.2, 0) is 6.42 Å². The molecule has 1 unspecified atom stereocenters. The first-order valence-electron chi connectivity index (χ1n) is 5.39. The van der Waals surface area contributed by atoms with Gasteiger partial charge in [-0.15, -0.1) is 0 Å². The zero-order chi connectivity index (χ0) is 11.8. The van der Waals surface area contributed by atoms with E-state index in [9.17, 15) is 0 Å². The van der Waals surface area contributed by atoms with Crippen molar-refractivity contribution >= 4 is 7.85 Å². The van der Waals surface area contributed by atoms with Gasteiger partial charge in [-0.2, -0.15) is 0 Å². The van der Waals surface area contributed by atoms with Gasteiger partial charge in [0.25, 0.3) is 0 Å². The Kier molecular flexibility index (Phi) is 2.85. The van der Waals surface area contributed by atoms with Crippen LogP contribution < -0.4 is 14.8 Å². The van der Waals surface area contributed by atoms with Crippen molar-refractivity contribution in [3.63, 3.8) is 0 Å². The lowest BCUT2D eigenvalue weighted by molar-refractivity contribution is 0.174. The van der Waals surface area contributed by atoms with Gasteiger partial charge in [0.1, 0.15) is 0 Å². The SMILES string of the molecule is [B]C(C)(Cc1cc2c(cc1C)OCO2)NC. The number of likely N-dealkylation sites (N-methyl/N-ethyl adjacent to an activating group) is 1. The Morgan fingerprint density at radius 2 is 2.00 bits per heavy atom. The monoisotopic (exact) mass is 217 g/mol. The molecule has 0 bridgehead atoms. The summed E-state index contributed by atoms with van der Waals surface area (Å²) >= 11 is 0. The lowest BCUT2D eigenvalue weighted by Gasteiger charge is -2.25. The van der Waals surface area contributed by atoms with Crippen LogP contribution in [-0.4, -0.2) is 27.1 Å². The molecule has 3 nitrogen and oxygen atoms in total. The molecule has 0 saturated heterocycles. The summed E-state index contributed by atoms with van der Waals surface area (Å²) in [5.74, 6) is 1.64. The van der Waals surface area contributed by atoms with E-state index in [4.69, 9.17) is 17.3 Å². The Hall–Kier alpha value is -1.16. The fourth-order valence-corrected chi connectivity index (χ4v) is 1.76. The zero-order valence-electron chi connectivity index (χ0n) is 9.96. The lowest BCUT2D eigenvalue weighted by atomic mass is 9.74. The summed E-state index contributed by atoms with van der Waals surface area (Å²) in [6.45, 7) is 4.34. The minimum absolute atomic E-state index is 0.310. The summed E-state index contributed by atoms with van der Waals surface area (Å²) in [7, 11) is 7.94. The van der Waals surface area contributed by atoms with Gasteiger partial charge in [0.15, 0.2) is 11.5 Å². The van der Waals surface area contributed by atoms with E-state index in [1.54, 1.807) is 0 Å². The van der Waals surface area contributed by atoms with Crippen LogP contribution in [0.4, 0.5) is 0 Å². The van der Waals surface area contributed by atoms with Gasteiger partial charge in [0, 0.05) is 0 Å². The van der Waals surface area contributed by atoms with Crippen molar-refractivity contribution in [2.45, 2.75) is 25.7 Å². The maximum absolute atomic E-state index is 6.08. The molecular formula is C12H16BNO2. The normalized spacial score (nSPS) is 17.2.